The van der Waals surface area contributed by atoms with Crippen LogP contribution in [0.15, 0.2) is 42.5 Å². The largest absolute Gasteiger partial charge is 0.496 e. The summed E-state index contributed by atoms with van der Waals surface area (Å²) in [6.45, 7) is 8.84. The van der Waals surface area contributed by atoms with E-state index >= 15 is 0 Å². The van der Waals surface area contributed by atoms with Gasteiger partial charge in [-0.3, -0.25) is 9.59 Å². The third kappa shape index (κ3) is 6.00. The lowest BCUT2D eigenvalue weighted by Gasteiger charge is -2.22. The summed E-state index contributed by atoms with van der Waals surface area (Å²) in [5, 5.41) is 2.96. The third-order valence-electron chi connectivity index (χ3n) is 5.20. The third-order valence-corrected chi connectivity index (χ3v) is 5.20. The Hall–Kier alpha value is -3.02. The second-order valence-corrected chi connectivity index (χ2v) is 9.19. The van der Waals surface area contributed by atoms with Crippen LogP contribution in [0.5, 0.6) is 11.5 Å². The van der Waals surface area contributed by atoms with E-state index < -0.39 is 6.10 Å². The molecule has 0 spiro atoms. The van der Waals surface area contributed by atoms with Crippen molar-refractivity contribution in [3.8, 4) is 11.5 Å². The van der Waals surface area contributed by atoms with Gasteiger partial charge in [0.05, 0.1) is 7.11 Å². The van der Waals surface area contributed by atoms with Crippen molar-refractivity contribution in [2.45, 2.75) is 53.2 Å². The summed E-state index contributed by atoms with van der Waals surface area (Å²) in [4.78, 5) is 27.1. The van der Waals surface area contributed by atoms with Crippen molar-refractivity contribution < 1.29 is 19.1 Å². The zero-order valence-electron chi connectivity index (χ0n) is 19.0. The number of methoxy groups -OCH3 is 1. The zero-order chi connectivity index (χ0) is 22.6. The molecule has 0 aliphatic carbocycles. The fourth-order valence-corrected chi connectivity index (χ4v) is 3.72. The molecule has 6 nitrogen and oxygen atoms in total. The molecule has 0 radical (unpaired) electrons. The second-order valence-electron chi connectivity index (χ2n) is 9.19. The number of benzene rings is 2. The van der Waals surface area contributed by atoms with Gasteiger partial charge in [0.25, 0.3) is 5.91 Å². The number of carbonyl (C=O) groups is 2. The number of hydrogen-bond donors (Lipinski definition) is 1. The Balaban J connectivity index is 1.76. The van der Waals surface area contributed by atoms with E-state index in [1.165, 1.54) is 0 Å². The maximum atomic E-state index is 12.9. The maximum absolute atomic E-state index is 12.9. The van der Waals surface area contributed by atoms with Crippen LogP contribution in [0, 0.1) is 5.41 Å². The molecule has 1 aliphatic rings. The normalized spacial score (nSPS) is 16.2. The van der Waals surface area contributed by atoms with Gasteiger partial charge in [0, 0.05) is 30.8 Å². The van der Waals surface area contributed by atoms with Crippen molar-refractivity contribution >= 4 is 17.5 Å². The number of rotatable bonds is 6. The van der Waals surface area contributed by atoms with Crippen LogP contribution in [0.2, 0.25) is 0 Å². The number of para-hydroxylation sites is 1. The summed E-state index contributed by atoms with van der Waals surface area (Å²) >= 11 is 0. The Morgan fingerprint density at radius 3 is 2.68 bits per heavy atom. The van der Waals surface area contributed by atoms with E-state index in [1.807, 2.05) is 68.1 Å². The number of anilines is 1. The molecule has 0 bridgehead atoms. The van der Waals surface area contributed by atoms with Crippen molar-refractivity contribution in [2.24, 2.45) is 5.41 Å². The van der Waals surface area contributed by atoms with Crippen molar-refractivity contribution in [1.29, 1.82) is 0 Å². The highest BCUT2D eigenvalue weighted by molar-refractivity contribution is 5.91. The van der Waals surface area contributed by atoms with Crippen LogP contribution in [-0.4, -0.2) is 36.5 Å². The molecular formula is C25H32N2O4. The molecule has 1 N–H and O–H groups in total. The number of nitrogens with one attached hydrogen (secondary N) is 1. The van der Waals surface area contributed by atoms with E-state index in [1.54, 1.807) is 14.0 Å². The van der Waals surface area contributed by atoms with Gasteiger partial charge in [0.15, 0.2) is 6.10 Å². The lowest BCUT2D eigenvalue weighted by atomic mass is 9.92. The van der Waals surface area contributed by atoms with E-state index in [2.05, 4.69) is 5.32 Å². The van der Waals surface area contributed by atoms with Crippen molar-refractivity contribution in [1.82, 2.24) is 4.90 Å². The van der Waals surface area contributed by atoms with Gasteiger partial charge in [-0.15, -0.1) is 0 Å². The minimum atomic E-state index is -0.569. The number of ether oxygens (including phenoxy) is 2. The fourth-order valence-electron chi connectivity index (χ4n) is 3.72. The van der Waals surface area contributed by atoms with Crippen molar-refractivity contribution in [3.05, 3.63) is 53.6 Å². The summed E-state index contributed by atoms with van der Waals surface area (Å²) < 4.78 is 11.3. The highest BCUT2D eigenvalue weighted by atomic mass is 16.5. The first-order chi connectivity index (χ1) is 14.7. The number of fused-ring (bicyclic) bond motifs is 1. The van der Waals surface area contributed by atoms with E-state index in [9.17, 15) is 9.59 Å². The molecule has 2 amide bonds. The zero-order valence-corrected chi connectivity index (χ0v) is 19.0. The molecule has 3 rings (SSSR count). The number of carbonyl (C=O) groups excluding carboxylic acids is 2. The van der Waals surface area contributed by atoms with Crippen LogP contribution < -0.4 is 14.8 Å². The lowest BCUT2D eigenvalue weighted by molar-refractivity contribution is -0.137. The molecule has 2 aromatic rings. The predicted octanol–water partition coefficient (Wildman–Crippen LogP) is 4.42. The van der Waals surface area contributed by atoms with Gasteiger partial charge in [-0.1, -0.05) is 39.0 Å². The molecule has 6 heteroatoms. The Kier molecular flexibility index (Phi) is 6.88. The highest BCUT2D eigenvalue weighted by Gasteiger charge is 2.28. The molecule has 0 saturated heterocycles. The highest BCUT2D eigenvalue weighted by Crippen LogP contribution is 2.30. The summed E-state index contributed by atoms with van der Waals surface area (Å²) in [5.74, 6) is 1.41. The van der Waals surface area contributed by atoms with Gasteiger partial charge < -0.3 is 19.7 Å². The van der Waals surface area contributed by atoms with Gasteiger partial charge in [-0.2, -0.15) is 0 Å². The quantitative estimate of drug-likeness (QED) is 0.745. The van der Waals surface area contributed by atoms with Crippen LogP contribution in [-0.2, 0) is 22.6 Å². The molecule has 0 aromatic heterocycles. The van der Waals surface area contributed by atoms with Gasteiger partial charge in [0.1, 0.15) is 11.5 Å². The topological polar surface area (TPSA) is 67.9 Å². The van der Waals surface area contributed by atoms with Crippen LogP contribution in [0.4, 0.5) is 5.69 Å². The van der Waals surface area contributed by atoms with Gasteiger partial charge in [0.2, 0.25) is 5.91 Å². The molecule has 1 aliphatic heterocycles. The first-order valence-electron chi connectivity index (χ1n) is 10.7. The van der Waals surface area contributed by atoms with E-state index in [4.69, 9.17) is 9.47 Å². The van der Waals surface area contributed by atoms with Crippen LogP contribution in [0.1, 0.15) is 45.2 Å². The molecule has 0 fully saturated rings. The molecule has 0 unspecified atom stereocenters. The second kappa shape index (κ2) is 9.41. The number of hydrogen-bond acceptors (Lipinski definition) is 4. The smallest absolute Gasteiger partial charge is 0.263 e. The maximum Gasteiger partial charge on any atom is 0.263 e. The minimum absolute atomic E-state index is 0.0283. The van der Waals surface area contributed by atoms with Gasteiger partial charge in [-0.05, 0) is 48.6 Å². The SMILES string of the molecule is COc1ccccc1CCN1Cc2cc(NC(=O)CC(C)(C)C)ccc2O[C@@H](C)C1=O. The van der Waals surface area contributed by atoms with Gasteiger partial charge in [-0.25, -0.2) is 0 Å². The average Bonchev–Trinajstić information content (AvgIpc) is 2.81. The summed E-state index contributed by atoms with van der Waals surface area (Å²) in [5.41, 5.74) is 2.56. The Labute approximate surface area is 184 Å². The summed E-state index contributed by atoms with van der Waals surface area (Å²) in [7, 11) is 1.65. The van der Waals surface area contributed by atoms with Gasteiger partial charge >= 0.3 is 0 Å². The number of amides is 2. The Morgan fingerprint density at radius 2 is 1.97 bits per heavy atom. The van der Waals surface area contributed by atoms with Crippen LogP contribution >= 0.6 is 0 Å². The first-order valence-corrected chi connectivity index (χ1v) is 10.7. The van der Waals surface area contributed by atoms with Crippen LogP contribution in [0.25, 0.3) is 0 Å². The first kappa shape index (κ1) is 22.7. The molecular weight excluding hydrogens is 392 g/mol. The Bertz CT molecular complexity index is 949. The number of nitrogens with zero attached hydrogens (tertiary/aromatic N) is 1. The average molecular weight is 425 g/mol. The molecule has 31 heavy (non-hydrogen) atoms. The monoisotopic (exact) mass is 424 g/mol. The summed E-state index contributed by atoms with van der Waals surface area (Å²) in [6.07, 6.45) is 0.543. The molecule has 1 atom stereocenters. The predicted molar refractivity (Wildman–Crippen MR) is 121 cm³/mol. The molecule has 166 valence electrons. The molecule has 2 aromatic carbocycles. The standard InChI is InChI=1S/C25H32N2O4/c1-17-24(29)27(13-12-18-8-6-7-9-21(18)30-5)16-19-14-20(10-11-22(19)31-17)26-23(28)15-25(2,3)4/h6-11,14,17H,12-13,15-16H2,1-5H3,(H,26,28)/t17-/m0/s1. The van der Waals surface area contributed by atoms with E-state index in [0.29, 0.717) is 37.4 Å². The van der Waals surface area contributed by atoms with Crippen LogP contribution in [0.3, 0.4) is 0 Å². The van der Waals surface area contributed by atoms with Crippen molar-refractivity contribution in [3.63, 3.8) is 0 Å². The minimum Gasteiger partial charge on any atom is -0.496 e. The Morgan fingerprint density at radius 1 is 1.23 bits per heavy atom. The summed E-state index contributed by atoms with van der Waals surface area (Å²) in [6, 6.07) is 13.4. The van der Waals surface area contributed by atoms with E-state index in [0.717, 1.165) is 16.9 Å². The fraction of sp³-hybridized carbons (Fsp3) is 0.440. The van der Waals surface area contributed by atoms with E-state index in [-0.39, 0.29) is 17.2 Å². The molecule has 1 heterocycles. The molecule has 0 saturated carbocycles. The lowest BCUT2D eigenvalue weighted by Crippen LogP contribution is -2.39. The van der Waals surface area contributed by atoms with Crippen molar-refractivity contribution in [2.75, 3.05) is 19.0 Å².